The van der Waals surface area contributed by atoms with Gasteiger partial charge >= 0.3 is 0 Å². The normalized spacial score (nSPS) is 14.6. The molecule has 1 aliphatic carbocycles. The average molecular weight is 305 g/mol. The topological polar surface area (TPSA) is 25.8 Å². The van der Waals surface area contributed by atoms with Crippen molar-refractivity contribution in [2.24, 2.45) is 0 Å². The van der Waals surface area contributed by atoms with Crippen molar-refractivity contribution < 1.29 is 0 Å². The number of halogens is 1. The fourth-order valence-corrected chi connectivity index (χ4v) is 3.33. The Morgan fingerprint density at radius 1 is 1.15 bits per heavy atom. The van der Waals surface area contributed by atoms with E-state index in [1.165, 1.54) is 28.9 Å². The van der Waals surface area contributed by atoms with E-state index in [1.54, 1.807) is 11.8 Å². The van der Waals surface area contributed by atoms with Crippen molar-refractivity contribution >= 4 is 23.4 Å². The fourth-order valence-electron chi connectivity index (χ4n) is 2.03. The summed E-state index contributed by atoms with van der Waals surface area (Å²) in [7, 11) is 0. The van der Waals surface area contributed by atoms with Crippen LogP contribution < -0.4 is 0 Å². The second-order valence-electron chi connectivity index (χ2n) is 5.45. The number of aryl methyl sites for hydroxylation is 2. The van der Waals surface area contributed by atoms with Crippen LogP contribution in [0, 0.1) is 20.8 Å². The van der Waals surface area contributed by atoms with Crippen molar-refractivity contribution in [2.45, 2.75) is 49.5 Å². The first-order chi connectivity index (χ1) is 9.54. The van der Waals surface area contributed by atoms with Crippen LogP contribution in [0.2, 0.25) is 5.15 Å². The molecule has 0 radical (unpaired) electrons. The first-order valence-corrected chi connectivity index (χ1v) is 8.03. The van der Waals surface area contributed by atoms with Gasteiger partial charge in [-0.15, -0.1) is 0 Å². The van der Waals surface area contributed by atoms with Crippen LogP contribution in [0.4, 0.5) is 0 Å². The lowest BCUT2D eigenvalue weighted by Gasteiger charge is -2.10. The lowest BCUT2D eigenvalue weighted by molar-refractivity contribution is 0.861. The predicted molar refractivity (Wildman–Crippen MR) is 83.8 cm³/mol. The Balaban J connectivity index is 1.99. The average Bonchev–Trinajstić information content (AvgIpc) is 3.23. The van der Waals surface area contributed by atoms with E-state index in [-0.39, 0.29) is 0 Å². The Morgan fingerprint density at radius 2 is 1.90 bits per heavy atom. The van der Waals surface area contributed by atoms with Gasteiger partial charge in [-0.2, -0.15) is 0 Å². The van der Waals surface area contributed by atoms with E-state index in [1.807, 2.05) is 6.92 Å². The highest BCUT2D eigenvalue weighted by atomic mass is 35.5. The summed E-state index contributed by atoms with van der Waals surface area (Å²) in [4.78, 5) is 10.4. The summed E-state index contributed by atoms with van der Waals surface area (Å²) in [6.07, 6.45) is 2.37. The maximum atomic E-state index is 6.26. The lowest BCUT2D eigenvalue weighted by Crippen LogP contribution is -1.98. The molecule has 0 saturated heterocycles. The molecule has 0 unspecified atom stereocenters. The maximum Gasteiger partial charge on any atom is 0.136 e. The Morgan fingerprint density at radius 3 is 2.60 bits per heavy atom. The van der Waals surface area contributed by atoms with Gasteiger partial charge in [0.25, 0.3) is 0 Å². The molecule has 0 N–H and O–H groups in total. The first-order valence-electron chi connectivity index (χ1n) is 6.83. The van der Waals surface area contributed by atoms with E-state index in [0.717, 1.165) is 16.4 Å². The summed E-state index contributed by atoms with van der Waals surface area (Å²) in [5, 5.41) is 1.58. The van der Waals surface area contributed by atoms with E-state index < -0.39 is 0 Å². The monoisotopic (exact) mass is 304 g/mol. The number of nitrogens with zero attached hydrogens (tertiary/aromatic N) is 2. The van der Waals surface area contributed by atoms with Gasteiger partial charge in [0.05, 0.1) is 0 Å². The van der Waals surface area contributed by atoms with Crippen LogP contribution >= 0.6 is 23.4 Å². The van der Waals surface area contributed by atoms with Crippen LogP contribution in [0.3, 0.4) is 0 Å². The summed E-state index contributed by atoms with van der Waals surface area (Å²) >= 11 is 7.96. The molecule has 0 bridgehead atoms. The smallest absolute Gasteiger partial charge is 0.136 e. The van der Waals surface area contributed by atoms with Gasteiger partial charge < -0.3 is 0 Å². The minimum atomic E-state index is 0.519. The van der Waals surface area contributed by atoms with Gasteiger partial charge in [0.1, 0.15) is 16.0 Å². The molecule has 104 valence electrons. The zero-order chi connectivity index (χ0) is 14.3. The highest BCUT2D eigenvalue weighted by Crippen LogP contribution is 2.41. The number of benzene rings is 1. The summed E-state index contributed by atoms with van der Waals surface area (Å²) in [5.41, 5.74) is 3.50. The Labute approximate surface area is 129 Å². The number of hydrogen-bond donors (Lipinski definition) is 0. The summed E-state index contributed by atoms with van der Waals surface area (Å²) in [6, 6.07) is 6.48. The van der Waals surface area contributed by atoms with Crippen LogP contribution in [0.25, 0.3) is 0 Å². The van der Waals surface area contributed by atoms with Gasteiger partial charge in [0.2, 0.25) is 0 Å². The molecule has 0 spiro atoms. The Hall–Kier alpha value is -1.06. The number of aromatic nitrogens is 2. The van der Waals surface area contributed by atoms with Crippen molar-refractivity contribution in [3.63, 3.8) is 0 Å². The highest BCUT2D eigenvalue weighted by Gasteiger charge is 2.28. The molecule has 1 aromatic heterocycles. The third-order valence-electron chi connectivity index (χ3n) is 3.55. The van der Waals surface area contributed by atoms with Crippen LogP contribution in [-0.4, -0.2) is 9.97 Å². The third kappa shape index (κ3) is 2.84. The van der Waals surface area contributed by atoms with Gasteiger partial charge in [0.15, 0.2) is 0 Å². The minimum absolute atomic E-state index is 0.519. The van der Waals surface area contributed by atoms with Crippen molar-refractivity contribution in [3.05, 3.63) is 45.9 Å². The zero-order valence-electron chi connectivity index (χ0n) is 11.9. The molecule has 1 heterocycles. The molecule has 0 atom stereocenters. The predicted octanol–water partition coefficient (Wildman–Crippen LogP) is 5.08. The molecular weight excluding hydrogens is 288 g/mol. The van der Waals surface area contributed by atoms with Crippen LogP contribution in [0.1, 0.15) is 41.3 Å². The van der Waals surface area contributed by atoms with E-state index in [2.05, 4.69) is 37.0 Å². The molecule has 1 aromatic carbocycles. The van der Waals surface area contributed by atoms with Gasteiger partial charge in [-0.3, -0.25) is 0 Å². The second kappa shape index (κ2) is 5.38. The highest BCUT2D eigenvalue weighted by molar-refractivity contribution is 7.99. The van der Waals surface area contributed by atoms with Crippen molar-refractivity contribution in [2.75, 3.05) is 0 Å². The maximum absolute atomic E-state index is 6.26. The van der Waals surface area contributed by atoms with Crippen molar-refractivity contribution in [1.29, 1.82) is 0 Å². The summed E-state index contributed by atoms with van der Waals surface area (Å²) < 4.78 is 0. The fraction of sp³-hybridized carbons (Fsp3) is 0.375. The SMILES string of the molecule is Cc1ccc(C)c(Sc2nc(C3CC3)nc(Cl)c2C)c1. The number of rotatable bonds is 3. The van der Waals surface area contributed by atoms with Crippen LogP contribution in [0.5, 0.6) is 0 Å². The molecule has 1 fully saturated rings. The molecule has 1 aliphatic rings. The molecular formula is C16H17ClN2S. The molecule has 1 saturated carbocycles. The standard InChI is InChI=1S/C16H17ClN2S/c1-9-4-5-10(2)13(8-9)20-16-11(3)14(17)18-15(19-16)12-6-7-12/h4-5,8,12H,6-7H2,1-3H3. The quantitative estimate of drug-likeness (QED) is 0.739. The first kappa shape index (κ1) is 13.9. The molecule has 0 aliphatic heterocycles. The van der Waals surface area contributed by atoms with Crippen LogP contribution in [0.15, 0.2) is 28.1 Å². The van der Waals surface area contributed by atoms with Crippen molar-refractivity contribution in [3.8, 4) is 0 Å². The third-order valence-corrected chi connectivity index (χ3v) is 5.17. The van der Waals surface area contributed by atoms with Gasteiger partial charge in [-0.25, -0.2) is 9.97 Å². The van der Waals surface area contributed by atoms with Gasteiger partial charge in [0, 0.05) is 16.4 Å². The second-order valence-corrected chi connectivity index (χ2v) is 6.84. The molecule has 3 rings (SSSR count). The molecule has 2 aromatic rings. The Kier molecular flexibility index (Phi) is 3.74. The van der Waals surface area contributed by atoms with Crippen molar-refractivity contribution in [1.82, 2.24) is 9.97 Å². The zero-order valence-corrected chi connectivity index (χ0v) is 13.5. The summed E-state index contributed by atoms with van der Waals surface area (Å²) in [6.45, 7) is 6.23. The van der Waals surface area contributed by atoms with Gasteiger partial charge in [-0.05, 0) is 50.8 Å². The van der Waals surface area contributed by atoms with E-state index in [4.69, 9.17) is 16.6 Å². The number of hydrogen-bond acceptors (Lipinski definition) is 3. The molecule has 20 heavy (non-hydrogen) atoms. The van der Waals surface area contributed by atoms with E-state index in [0.29, 0.717) is 11.1 Å². The minimum Gasteiger partial charge on any atom is -0.226 e. The van der Waals surface area contributed by atoms with Gasteiger partial charge in [-0.1, -0.05) is 35.5 Å². The largest absolute Gasteiger partial charge is 0.226 e. The van der Waals surface area contributed by atoms with Crippen LogP contribution in [-0.2, 0) is 0 Å². The van der Waals surface area contributed by atoms with E-state index >= 15 is 0 Å². The molecule has 2 nitrogen and oxygen atoms in total. The molecule has 4 heteroatoms. The lowest BCUT2D eigenvalue weighted by atomic mass is 10.2. The summed E-state index contributed by atoms with van der Waals surface area (Å²) in [5.74, 6) is 1.43. The molecule has 0 amide bonds. The Bertz CT molecular complexity index is 666. The van der Waals surface area contributed by atoms with E-state index in [9.17, 15) is 0 Å².